The Morgan fingerprint density at radius 2 is 1.05 bits per heavy atom. The topological polar surface area (TPSA) is 12.5 Å². The SMILES string of the molecule is CC(C)(C)c1ccc2c(c1)B1c3cc4c(cc3N(c3ccc(C(C)(C)C)cc3-c3ccccc3)c3cc(-c5cccc6c5sc5ccccc56)cc(c31)O2)-c1ccccc1[Si]4(c1ccccc1)c1ccccc1. The molecule has 10 aromatic carbocycles. The first-order valence-electron chi connectivity index (χ1n) is 25.8. The third-order valence-corrected chi connectivity index (χ3v) is 22.2. The molecule has 0 N–H and O–H groups in total. The standard InChI is InChI=1S/C68H54BNOSSi/c1-67(2,3)45-33-35-57(53(39-45)43-21-10-7-11-22-43)70-58-41-54-51-28-17-19-32-63(51)73(47-23-12-8-13-24-47,48-25-14-9-15-26-48)64(54)42-55(58)69-56-40-46(68(4,5)6)34-36-60(56)71-61-38-44(37-59(70)65(61)69)49-29-20-30-52-50-27-16-18-31-62(50)72-66(49)52/h7-42H,1-6H3. The fourth-order valence-corrected chi connectivity index (χ4v) is 19.0. The van der Waals surface area contributed by atoms with E-state index in [1.54, 1.807) is 0 Å². The fourth-order valence-electron chi connectivity index (χ4n) is 12.6. The summed E-state index contributed by atoms with van der Waals surface area (Å²) < 4.78 is 10.00. The van der Waals surface area contributed by atoms with Crippen LogP contribution in [0.3, 0.4) is 0 Å². The number of anilines is 3. The molecule has 0 fully saturated rings. The van der Waals surface area contributed by atoms with E-state index < -0.39 is 8.07 Å². The molecule has 0 spiro atoms. The molecule has 0 atom stereocenters. The number of hydrogen-bond acceptors (Lipinski definition) is 3. The van der Waals surface area contributed by atoms with Gasteiger partial charge in [-0.05, 0) is 129 Å². The molecule has 0 bridgehead atoms. The van der Waals surface area contributed by atoms with E-state index in [2.05, 4.69) is 265 Å². The van der Waals surface area contributed by atoms with E-state index in [0.29, 0.717) is 0 Å². The zero-order chi connectivity index (χ0) is 49.4. The molecule has 350 valence electrons. The number of rotatable bonds is 5. The Bertz CT molecular complexity index is 4000. The van der Waals surface area contributed by atoms with Crippen LogP contribution in [-0.2, 0) is 10.8 Å². The van der Waals surface area contributed by atoms with Gasteiger partial charge in [0.15, 0.2) is 8.07 Å². The molecule has 11 aromatic rings. The lowest BCUT2D eigenvalue weighted by molar-refractivity contribution is 0.486. The lowest BCUT2D eigenvalue weighted by Crippen LogP contribution is -2.73. The molecule has 3 aliphatic rings. The van der Waals surface area contributed by atoms with Crippen LogP contribution < -0.4 is 46.8 Å². The van der Waals surface area contributed by atoms with Gasteiger partial charge in [0, 0.05) is 37.1 Å². The van der Waals surface area contributed by atoms with Crippen molar-refractivity contribution in [3.05, 3.63) is 230 Å². The molecule has 0 radical (unpaired) electrons. The van der Waals surface area contributed by atoms with Crippen molar-refractivity contribution >= 4 is 100 Å². The summed E-state index contributed by atoms with van der Waals surface area (Å²) in [5.41, 5.74) is 17.1. The predicted molar refractivity (Wildman–Crippen MR) is 316 cm³/mol. The summed E-state index contributed by atoms with van der Waals surface area (Å²) in [5, 5.41) is 8.25. The Morgan fingerprint density at radius 3 is 1.79 bits per heavy atom. The van der Waals surface area contributed by atoms with Crippen LogP contribution in [0.15, 0.2) is 218 Å². The highest BCUT2D eigenvalue weighted by atomic mass is 32.1. The lowest BCUT2D eigenvalue weighted by atomic mass is 9.34. The highest BCUT2D eigenvalue weighted by Crippen LogP contribution is 2.50. The van der Waals surface area contributed by atoms with E-state index in [4.69, 9.17) is 4.74 Å². The van der Waals surface area contributed by atoms with Gasteiger partial charge in [-0.2, -0.15) is 0 Å². The van der Waals surface area contributed by atoms with Crippen molar-refractivity contribution < 1.29 is 4.74 Å². The molecule has 1 aromatic heterocycles. The monoisotopic (exact) mass is 971 g/mol. The van der Waals surface area contributed by atoms with Gasteiger partial charge in [0.25, 0.3) is 6.71 Å². The van der Waals surface area contributed by atoms with Crippen LogP contribution in [-0.4, -0.2) is 14.8 Å². The van der Waals surface area contributed by atoms with Crippen molar-refractivity contribution in [1.82, 2.24) is 0 Å². The van der Waals surface area contributed by atoms with Crippen molar-refractivity contribution in [2.75, 3.05) is 4.90 Å². The molecule has 73 heavy (non-hydrogen) atoms. The smallest absolute Gasteiger partial charge is 0.256 e. The summed E-state index contributed by atoms with van der Waals surface area (Å²) in [6.07, 6.45) is 0. The van der Waals surface area contributed by atoms with Gasteiger partial charge < -0.3 is 9.64 Å². The summed E-state index contributed by atoms with van der Waals surface area (Å²) in [6, 6.07) is 83.2. The van der Waals surface area contributed by atoms with Crippen LogP contribution >= 0.6 is 11.3 Å². The zero-order valence-electron chi connectivity index (χ0n) is 42.1. The Balaban J connectivity index is 1.14. The average Bonchev–Trinajstić information content (AvgIpc) is 3.95. The average molecular weight is 972 g/mol. The summed E-state index contributed by atoms with van der Waals surface area (Å²) in [6.45, 7) is 13.8. The maximum atomic E-state index is 7.41. The molecular formula is C68H54BNOSSi. The van der Waals surface area contributed by atoms with Crippen LogP contribution in [0.1, 0.15) is 52.7 Å². The summed E-state index contributed by atoms with van der Waals surface area (Å²) >= 11 is 1.88. The van der Waals surface area contributed by atoms with Crippen molar-refractivity contribution in [1.29, 1.82) is 0 Å². The van der Waals surface area contributed by atoms with E-state index in [0.717, 1.165) is 28.4 Å². The zero-order valence-corrected chi connectivity index (χ0v) is 43.9. The molecule has 3 aliphatic heterocycles. The molecule has 4 heterocycles. The van der Waals surface area contributed by atoms with Gasteiger partial charge in [0.2, 0.25) is 0 Å². The molecular weight excluding hydrogens is 918 g/mol. The summed E-state index contributed by atoms with van der Waals surface area (Å²) in [7, 11) is -2.88. The Kier molecular flexibility index (Phi) is 9.74. The maximum absolute atomic E-state index is 7.41. The van der Waals surface area contributed by atoms with E-state index in [-0.39, 0.29) is 17.5 Å². The van der Waals surface area contributed by atoms with Crippen LogP contribution in [0.5, 0.6) is 11.5 Å². The third kappa shape index (κ3) is 6.61. The summed E-state index contributed by atoms with van der Waals surface area (Å²) in [5.74, 6) is 1.83. The largest absolute Gasteiger partial charge is 0.458 e. The van der Waals surface area contributed by atoms with Crippen molar-refractivity contribution in [2.24, 2.45) is 0 Å². The van der Waals surface area contributed by atoms with Gasteiger partial charge in [0.05, 0.1) is 5.69 Å². The molecule has 0 saturated carbocycles. The van der Waals surface area contributed by atoms with Gasteiger partial charge >= 0.3 is 0 Å². The quantitative estimate of drug-likeness (QED) is 0.159. The van der Waals surface area contributed by atoms with Gasteiger partial charge in [-0.3, -0.25) is 0 Å². The predicted octanol–water partition coefficient (Wildman–Crippen LogP) is 13.7. The number of thiophene rings is 1. The molecule has 14 rings (SSSR count). The van der Waals surface area contributed by atoms with Crippen molar-refractivity contribution in [3.63, 3.8) is 0 Å². The van der Waals surface area contributed by atoms with E-state index in [1.807, 2.05) is 11.3 Å². The number of ether oxygens (including phenoxy) is 1. The van der Waals surface area contributed by atoms with Crippen molar-refractivity contribution in [3.8, 4) is 44.9 Å². The van der Waals surface area contributed by atoms with Crippen LogP contribution in [0.4, 0.5) is 17.1 Å². The third-order valence-electron chi connectivity index (χ3n) is 16.1. The molecule has 0 unspecified atom stereocenters. The van der Waals surface area contributed by atoms with E-state index in [1.165, 1.54) is 102 Å². The second kappa shape index (κ2) is 16.2. The second-order valence-electron chi connectivity index (χ2n) is 22.4. The Hall–Kier alpha value is -7.70. The first kappa shape index (κ1) is 44.0. The first-order chi connectivity index (χ1) is 35.5. The number of benzene rings is 10. The molecule has 0 saturated heterocycles. The van der Waals surface area contributed by atoms with Gasteiger partial charge in [0.1, 0.15) is 11.5 Å². The van der Waals surface area contributed by atoms with Gasteiger partial charge in [-0.25, -0.2) is 0 Å². The first-order valence-corrected chi connectivity index (χ1v) is 28.6. The number of nitrogens with zero attached hydrogens (tertiary/aromatic N) is 1. The van der Waals surface area contributed by atoms with Crippen LogP contribution in [0.25, 0.3) is 53.6 Å². The highest BCUT2D eigenvalue weighted by Gasteiger charge is 2.51. The minimum absolute atomic E-state index is 0.0648. The fraction of sp³-hybridized carbons (Fsp3) is 0.118. The molecule has 2 nitrogen and oxygen atoms in total. The number of fused-ring (bicyclic) bond motifs is 10. The Labute approximate surface area is 434 Å². The van der Waals surface area contributed by atoms with E-state index >= 15 is 0 Å². The minimum Gasteiger partial charge on any atom is -0.458 e. The van der Waals surface area contributed by atoms with Gasteiger partial charge in [-0.1, -0.05) is 217 Å². The van der Waals surface area contributed by atoms with Gasteiger partial charge in [-0.15, -0.1) is 11.3 Å². The maximum Gasteiger partial charge on any atom is 0.256 e. The van der Waals surface area contributed by atoms with E-state index in [9.17, 15) is 0 Å². The second-order valence-corrected chi connectivity index (χ2v) is 27.2. The van der Waals surface area contributed by atoms with Crippen LogP contribution in [0.2, 0.25) is 0 Å². The number of hydrogen-bond donors (Lipinski definition) is 0. The molecule has 0 aliphatic carbocycles. The summed E-state index contributed by atoms with van der Waals surface area (Å²) in [4.78, 5) is 2.63. The lowest BCUT2D eigenvalue weighted by Gasteiger charge is -2.42. The molecule has 5 heteroatoms. The molecule has 0 amide bonds. The van der Waals surface area contributed by atoms with Crippen molar-refractivity contribution in [2.45, 2.75) is 52.4 Å². The van der Waals surface area contributed by atoms with Crippen LogP contribution in [0, 0.1) is 0 Å². The normalized spacial score (nSPS) is 14.1. The minimum atomic E-state index is -2.88. The highest BCUT2D eigenvalue weighted by molar-refractivity contribution is 7.26. The Morgan fingerprint density at radius 1 is 0.425 bits per heavy atom.